The van der Waals surface area contributed by atoms with Gasteiger partial charge in [0.1, 0.15) is 5.82 Å². The lowest BCUT2D eigenvalue weighted by molar-refractivity contribution is 0.141. The van der Waals surface area contributed by atoms with E-state index in [2.05, 4.69) is 61.2 Å². The minimum Gasteiger partial charge on any atom is -0.380 e. The fraction of sp³-hybridized carbons (Fsp3) is 0.562. The number of benzene rings is 1. The number of H-pyrrole nitrogens is 1. The monoisotopic (exact) mass is 275 g/mol. The van der Waals surface area contributed by atoms with Crippen LogP contribution in [0.2, 0.25) is 0 Å². The number of imidazole rings is 1. The van der Waals surface area contributed by atoms with Crippen LogP contribution in [0, 0.1) is 0 Å². The van der Waals surface area contributed by atoms with Gasteiger partial charge in [0.15, 0.2) is 0 Å². The van der Waals surface area contributed by atoms with Crippen molar-refractivity contribution in [2.45, 2.75) is 46.1 Å². The third-order valence-corrected chi connectivity index (χ3v) is 3.18. The van der Waals surface area contributed by atoms with Crippen molar-refractivity contribution in [3.63, 3.8) is 0 Å². The number of hydrogen-bond donors (Lipinski definition) is 2. The standard InChI is InChI=1S/C16H25N3O/c1-6-20-10-11(2)17-12-7-8-13-14(9-12)19-15(18-13)16(3,4)5/h7-9,11,17H,6,10H2,1-5H3,(H,18,19). The Hall–Kier alpha value is -1.55. The molecule has 1 aromatic heterocycles. The summed E-state index contributed by atoms with van der Waals surface area (Å²) in [4.78, 5) is 8.06. The second-order valence-corrected chi connectivity index (χ2v) is 6.27. The molecule has 0 saturated carbocycles. The zero-order valence-corrected chi connectivity index (χ0v) is 13.1. The van der Waals surface area contributed by atoms with E-state index in [4.69, 9.17) is 4.74 Å². The molecular formula is C16H25N3O. The van der Waals surface area contributed by atoms with Crippen LogP contribution in [-0.4, -0.2) is 29.2 Å². The summed E-state index contributed by atoms with van der Waals surface area (Å²) in [5.74, 6) is 1.02. The van der Waals surface area contributed by atoms with Crippen molar-refractivity contribution in [2.75, 3.05) is 18.5 Å². The van der Waals surface area contributed by atoms with E-state index in [0.29, 0.717) is 6.61 Å². The van der Waals surface area contributed by atoms with E-state index in [0.717, 1.165) is 29.2 Å². The van der Waals surface area contributed by atoms with E-state index in [9.17, 15) is 0 Å². The number of hydrogen-bond acceptors (Lipinski definition) is 3. The number of aromatic nitrogens is 2. The third kappa shape index (κ3) is 3.51. The Balaban J connectivity index is 2.17. The van der Waals surface area contributed by atoms with Crippen molar-refractivity contribution in [2.24, 2.45) is 0 Å². The van der Waals surface area contributed by atoms with E-state index in [1.807, 2.05) is 6.92 Å². The molecule has 20 heavy (non-hydrogen) atoms. The SMILES string of the molecule is CCOCC(C)Nc1ccc2nc(C(C)(C)C)[nH]c2c1. The summed E-state index contributed by atoms with van der Waals surface area (Å²) in [6.45, 7) is 12.1. The van der Waals surface area contributed by atoms with E-state index >= 15 is 0 Å². The van der Waals surface area contributed by atoms with Crippen LogP contribution >= 0.6 is 0 Å². The van der Waals surface area contributed by atoms with Crippen LogP contribution < -0.4 is 5.32 Å². The molecule has 0 amide bonds. The maximum absolute atomic E-state index is 5.42. The Labute approximate surface area is 120 Å². The number of fused-ring (bicyclic) bond motifs is 1. The van der Waals surface area contributed by atoms with Crippen molar-refractivity contribution in [3.8, 4) is 0 Å². The number of rotatable bonds is 5. The van der Waals surface area contributed by atoms with Gasteiger partial charge in [-0.15, -0.1) is 0 Å². The Bertz CT molecular complexity index is 569. The van der Waals surface area contributed by atoms with Crippen molar-refractivity contribution < 1.29 is 4.74 Å². The lowest BCUT2D eigenvalue weighted by Gasteiger charge is -2.14. The molecule has 0 aliphatic heterocycles. The largest absolute Gasteiger partial charge is 0.380 e. The van der Waals surface area contributed by atoms with Gasteiger partial charge >= 0.3 is 0 Å². The van der Waals surface area contributed by atoms with Gasteiger partial charge in [-0.05, 0) is 32.0 Å². The van der Waals surface area contributed by atoms with E-state index in [-0.39, 0.29) is 11.5 Å². The molecule has 4 heteroatoms. The van der Waals surface area contributed by atoms with Crippen LogP contribution in [0.3, 0.4) is 0 Å². The smallest absolute Gasteiger partial charge is 0.112 e. The molecule has 2 rings (SSSR count). The molecule has 0 aliphatic carbocycles. The van der Waals surface area contributed by atoms with Gasteiger partial charge in [0.25, 0.3) is 0 Å². The first-order valence-electron chi connectivity index (χ1n) is 7.24. The summed E-state index contributed by atoms with van der Waals surface area (Å²) < 4.78 is 5.42. The topological polar surface area (TPSA) is 49.9 Å². The molecule has 2 aromatic rings. The van der Waals surface area contributed by atoms with Crippen LogP contribution in [-0.2, 0) is 10.2 Å². The summed E-state index contributed by atoms with van der Waals surface area (Å²) >= 11 is 0. The number of nitrogens with one attached hydrogen (secondary N) is 2. The van der Waals surface area contributed by atoms with Crippen LogP contribution in [0.5, 0.6) is 0 Å². The highest BCUT2D eigenvalue weighted by Gasteiger charge is 2.18. The van der Waals surface area contributed by atoms with Crippen molar-refractivity contribution in [1.29, 1.82) is 0 Å². The predicted molar refractivity (Wildman–Crippen MR) is 84.4 cm³/mol. The third-order valence-electron chi connectivity index (χ3n) is 3.18. The van der Waals surface area contributed by atoms with Crippen LogP contribution in [0.1, 0.15) is 40.4 Å². The van der Waals surface area contributed by atoms with Gasteiger partial charge in [0, 0.05) is 23.8 Å². The second-order valence-electron chi connectivity index (χ2n) is 6.27. The fourth-order valence-electron chi connectivity index (χ4n) is 2.08. The summed E-state index contributed by atoms with van der Waals surface area (Å²) in [5.41, 5.74) is 3.21. The minimum absolute atomic E-state index is 0.0366. The van der Waals surface area contributed by atoms with Crippen molar-refractivity contribution in [3.05, 3.63) is 24.0 Å². The first-order chi connectivity index (χ1) is 9.40. The van der Waals surface area contributed by atoms with E-state index in [1.54, 1.807) is 0 Å². The Morgan fingerprint density at radius 1 is 1.35 bits per heavy atom. The maximum Gasteiger partial charge on any atom is 0.112 e. The molecule has 0 spiro atoms. The lowest BCUT2D eigenvalue weighted by Crippen LogP contribution is -2.21. The number of anilines is 1. The molecule has 0 fully saturated rings. The Morgan fingerprint density at radius 3 is 2.75 bits per heavy atom. The molecule has 0 saturated heterocycles. The number of nitrogens with zero attached hydrogens (tertiary/aromatic N) is 1. The average molecular weight is 275 g/mol. The molecule has 1 heterocycles. The van der Waals surface area contributed by atoms with Gasteiger partial charge in [0.2, 0.25) is 0 Å². The molecule has 2 N–H and O–H groups in total. The molecule has 0 radical (unpaired) electrons. The molecule has 1 atom stereocenters. The van der Waals surface area contributed by atoms with Gasteiger partial charge in [-0.2, -0.15) is 0 Å². The summed E-state index contributed by atoms with van der Waals surface area (Å²) in [6, 6.07) is 6.52. The zero-order valence-electron chi connectivity index (χ0n) is 13.1. The molecule has 0 bridgehead atoms. The van der Waals surface area contributed by atoms with E-state index < -0.39 is 0 Å². The highest BCUT2D eigenvalue weighted by Crippen LogP contribution is 2.24. The molecule has 1 unspecified atom stereocenters. The highest BCUT2D eigenvalue weighted by atomic mass is 16.5. The van der Waals surface area contributed by atoms with Crippen LogP contribution in [0.25, 0.3) is 11.0 Å². The number of ether oxygens (including phenoxy) is 1. The normalized spacial score (nSPS) is 13.7. The van der Waals surface area contributed by atoms with Crippen LogP contribution in [0.15, 0.2) is 18.2 Å². The maximum atomic E-state index is 5.42. The van der Waals surface area contributed by atoms with Crippen molar-refractivity contribution >= 4 is 16.7 Å². The molecule has 4 nitrogen and oxygen atoms in total. The predicted octanol–water partition coefficient (Wildman–Crippen LogP) is 3.70. The summed E-state index contributed by atoms with van der Waals surface area (Å²) in [7, 11) is 0. The molecular weight excluding hydrogens is 250 g/mol. The van der Waals surface area contributed by atoms with Gasteiger partial charge in [-0.3, -0.25) is 0 Å². The van der Waals surface area contributed by atoms with Gasteiger partial charge in [-0.25, -0.2) is 4.98 Å². The Kier molecular flexibility index (Phi) is 4.33. The fourth-order valence-corrected chi connectivity index (χ4v) is 2.08. The van der Waals surface area contributed by atoms with Gasteiger partial charge < -0.3 is 15.0 Å². The molecule has 0 aliphatic rings. The van der Waals surface area contributed by atoms with Crippen LogP contribution in [0.4, 0.5) is 5.69 Å². The van der Waals surface area contributed by atoms with Crippen molar-refractivity contribution in [1.82, 2.24) is 9.97 Å². The first-order valence-corrected chi connectivity index (χ1v) is 7.24. The number of aromatic amines is 1. The van der Waals surface area contributed by atoms with Gasteiger partial charge in [-0.1, -0.05) is 20.8 Å². The first kappa shape index (κ1) is 14.9. The summed E-state index contributed by atoms with van der Waals surface area (Å²) in [5, 5.41) is 3.44. The second kappa shape index (κ2) is 5.83. The molecule has 1 aromatic carbocycles. The van der Waals surface area contributed by atoms with E-state index in [1.165, 1.54) is 0 Å². The Morgan fingerprint density at radius 2 is 2.10 bits per heavy atom. The minimum atomic E-state index is 0.0366. The highest BCUT2D eigenvalue weighted by molar-refractivity contribution is 5.79. The quantitative estimate of drug-likeness (QED) is 0.874. The lowest BCUT2D eigenvalue weighted by atomic mass is 9.96. The molecule has 110 valence electrons. The van der Waals surface area contributed by atoms with Gasteiger partial charge in [0.05, 0.1) is 17.6 Å². The summed E-state index contributed by atoms with van der Waals surface area (Å²) in [6.07, 6.45) is 0. The average Bonchev–Trinajstić information content (AvgIpc) is 2.79. The zero-order chi connectivity index (χ0) is 14.8.